The van der Waals surface area contributed by atoms with Crippen LogP contribution in [0.25, 0.3) is 5.69 Å². The zero-order valence-corrected chi connectivity index (χ0v) is 16.3. The Hall–Kier alpha value is -3.15. The van der Waals surface area contributed by atoms with Crippen LogP contribution in [0.1, 0.15) is 29.7 Å². The monoisotopic (exact) mass is 377 g/mol. The average Bonchev–Trinajstić information content (AvgIpc) is 2.92. The van der Waals surface area contributed by atoms with Crippen molar-refractivity contribution >= 4 is 11.6 Å². The number of fused-ring (bicyclic) bond motifs is 1. The third-order valence-corrected chi connectivity index (χ3v) is 5.49. The van der Waals surface area contributed by atoms with Gasteiger partial charge in [-0.1, -0.05) is 18.2 Å². The van der Waals surface area contributed by atoms with E-state index in [4.69, 9.17) is 0 Å². The molecule has 28 heavy (non-hydrogen) atoms. The van der Waals surface area contributed by atoms with Crippen molar-refractivity contribution in [1.82, 2.24) is 9.36 Å². The molecule has 0 spiro atoms. The molecule has 6 nitrogen and oxygen atoms in total. The van der Waals surface area contributed by atoms with E-state index in [1.807, 2.05) is 55.1 Å². The van der Waals surface area contributed by atoms with Crippen LogP contribution in [0.3, 0.4) is 0 Å². The van der Waals surface area contributed by atoms with Gasteiger partial charge in [-0.15, -0.1) is 0 Å². The van der Waals surface area contributed by atoms with Gasteiger partial charge in [0.15, 0.2) is 12.4 Å². The summed E-state index contributed by atoms with van der Waals surface area (Å²) in [5.74, 6) is -0.202. The maximum atomic E-state index is 12.9. The SMILES string of the molecule is Cc1c(NC(=O)C[n+]2ccc3c(c2)CCCC3)c(=O)n(-c2ccccc2)n1C. The highest BCUT2D eigenvalue weighted by Gasteiger charge is 2.20. The molecule has 3 aromatic rings. The number of nitrogens with one attached hydrogen (secondary N) is 1. The molecule has 144 valence electrons. The number of aryl methyl sites for hydroxylation is 2. The molecule has 0 bridgehead atoms. The van der Waals surface area contributed by atoms with E-state index in [9.17, 15) is 9.59 Å². The van der Waals surface area contributed by atoms with E-state index in [2.05, 4.69) is 17.6 Å². The molecule has 2 aromatic heterocycles. The summed E-state index contributed by atoms with van der Waals surface area (Å²) in [4.78, 5) is 25.5. The highest BCUT2D eigenvalue weighted by Crippen LogP contribution is 2.19. The molecule has 1 aliphatic carbocycles. The fourth-order valence-corrected chi connectivity index (χ4v) is 3.87. The summed E-state index contributed by atoms with van der Waals surface area (Å²) in [5, 5.41) is 2.82. The smallest absolute Gasteiger partial charge is 0.295 e. The van der Waals surface area contributed by atoms with Crippen LogP contribution >= 0.6 is 0 Å². The molecule has 0 fully saturated rings. The molecule has 0 aliphatic heterocycles. The lowest BCUT2D eigenvalue weighted by Crippen LogP contribution is -2.41. The topological polar surface area (TPSA) is 59.9 Å². The quantitative estimate of drug-likeness (QED) is 0.709. The Balaban J connectivity index is 1.56. The predicted molar refractivity (Wildman–Crippen MR) is 108 cm³/mol. The second-order valence-electron chi connectivity index (χ2n) is 7.36. The van der Waals surface area contributed by atoms with Crippen LogP contribution < -0.4 is 15.4 Å². The number of rotatable bonds is 4. The van der Waals surface area contributed by atoms with Crippen molar-refractivity contribution in [2.45, 2.75) is 39.2 Å². The fourth-order valence-electron chi connectivity index (χ4n) is 3.87. The number of para-hydroxylation sites is 1. The number of benzene rings is 1. The summed E-state index contributed by atoms with van der Waals surface area (Å²) in [5.41, 5.74) is 4.29. The Bertz CT molecular complexity index is 1080. The molecule has 0 saturated heterocycles. The Morgan fingerprint density at radius 2 is 1.82 bits per heavy atom. The molecular weight excluding hydrogens is 352 g/mol. The van der Waals surface area contributed by atoms with Crippen molar-refractivity contribution < 1.29 is 9.36 Å². The van der Waals surface area contributed by atoms with Crippen LogP contribution in [0, 0.1) is 6.92 Å². The molecule has 1 aromatic carbocycles. The number of amides is 1. The van der Waals surface area contributed by atoms with Gasteiger partial charge in [0.05, 0.1) is 11.4 Å². The van der Waals surface area contributed by atoms with Crippen molar-refractivity contribution in [2.75, 3.05) is 5.32 Å². The van der Waals surface area contributed by atoms with E-state index in [0.717, 1.165) is 24.2 Å². The summed E-state index contributed by atoms with van der Waals surface area (Å²) >= 11 is 0. The van der Waals surface area contributed by atoms with Crippen molar-refractivity contribution in [3.8, 4) is 5.69 Å². The first-order valence-electron chi connectivity index (χ1n) is 9.69. The average molecular weight is 377 g/mol. The minimum atomic E-state index is -0.227. The van der Waals surface area contributed by atoms with E-state index in [-0.39, 0.29) is 18.0 Å². The molecule has 4 rings (SSSR count). The van der Waals surface area contributed by atoms with Crippen molar-refractivity contribution in [3.63, 3.8) is 0 Å². The Kier molecular flexibility index (Phi) is 4.86. The number of anilines is 1. The molecule has 0 saturated carbocycles. The van der Waals surface area contributed by atoms with Crippen molar-refractivity contribution in [1.29, 1.82) is 0 Å². The van der Waals surface area contributed by atoms with Gasteiger partial charge in [0.25, 0.3) is 11.5 Å². The number of hydrogen-bond acceptors (Lipinski definition) is 2. The number of aromatic nitrogens is 3. The zero-order valence-electron chi connectivity index (χ0n) is 16.3. The van der Waals surface area contributed by atoms with E-state index in [1.54, 1.807) is 9.36 Å². The molecule has 1 aliphatic rings. The first-order chi connectivity index (χ1) is 13.5. The molecule has 1 N–H and O–H groups in total. The van der Waals surface area contributed by atoms with Gasteiger partial charge in [-0.2, -0.15) is 4.57 Å². The van der Waals surface area contributed by atoms with Crippen LogP contribution in [0.2, 0.25) is 0 Å². The van der Waals surface area contributed by atoms with Crippen LogP contribution in [0.4, 0.5) is 5.69 Å². The number of carbonyl (C=O) groups excluding carboxylic acids is 1. The third-order valence-electron chi connectivity index (χ3n) is 5.49. The Labute approximate surface area is 164 Å². The maximum absolute atomic E-state index is 12.9. The first-order valence-corrected chi connectivity index (χ1v) is 9.69. The second-order valence-corrected chi connectivity index (χ2v) is 7.36. The molecule has 6 heteroatoms. The number of nitrogens with zero attached hydrogens (tertiary/aromatic N) is 3. The minimum absolute atomic E-state index is 0.187. The largest absolute Gasteiger partial charge is 0.314 e. The molecule has 1 amide bonds. The normalized spacial score (nSPS) is 13.2. The predicted octanol–water partition coefficient (Wildman–Crippen LogP) is 2.29. The first kappa shape index (κ1) is 18.2. The van der Waals surface area contributed by atoms with Gasteiger partial charge in [-0.05, 0) is 50.3 Å². The van der Waals surface area contributed by atoms with E-state index >= 15 is 0 Å². The number of hydrogen-bond donors (Lipinski definition) is 1. The van der Waals surface area contributed by atoms with E-state index < -0.39 is 0 Å². The maximum Gasteiger partial charge on any atom is 0.295 e. The van der Waals surface area contributed by atoms with E-state index in [1.165, 1.54) is 24.0 Å². The highest BCUT2D eigenvalue weighted by atomic mass is 16.2. The second kappa shape index (κ2) is 7.46. The standard InChI is InChI=1S/C22H24N4O2/c1-16-21(22(28)26(24(16)2)19-10-4-3-5-11-19)23-20(27)15-25-13-12-17-8-6-7-9-18(17)14-25/h3-5,10-14H,6-9,15H2,1-2H3/p+1. The van der Waals surface area contributed by atoms with Gasteiger partial charge in [-0.3, -0.25) is 14.3 Å². The van der Waals surface area contributed by atoms with Gasteiger partial charge < -0.3 is 5.32 Å². The molecule has 0 atom stereocenters. The van der Waals surface area contributed by atoms with Crippen LogP contribution in [-0.4, -0.2) is 15.3 Å². The van der Waals surface area contributed by atoms with E-state index in [0.29, 0.717) is 5.69 Å². The lowest BCUT2D eigenvalue weighted by molar-refractivity contribution is -0.684. The van der Waals surface area contributed by atoms with Crippen molar-refractivity contribution in [3.05, 3.63) is 76.0 Å². The van der Waals surface area contributed by atoms with Gasteiger partial charge >= 0.3 is 0 Å². The zero-order chi connectivity index (χ0) is 19.7. The summed E-state index contributed by atoms with van der Waals surface area (Å²) < 4.78 is 5.23. The molecule has 0 radical (unpaired) electrons. The lowest BCUT2D eigenvalue weighted by atomic mass is 9.93. The Morgan fingerprint density at radius 3 is 2.57 bits per heavy atom. The van der Waals surface area contributed by atoms with Crippen molar-refractivity contribution in [2.24, 2.45) is 7.05 Å². The molecule has 2 heterocycles. The highest BCUT2D eigenvalue weighted by molar-refractivity contribution is 5.90. The van der Waals surface area contributed by atoms with Crippen LogP contribution in [-0.2, 0) is 31.2 Å². The Morgan fingerprint density at radius 1 is 1.11 bits per heavy atom. The number of pyridine rings is 1. The van der Waals surface area contributed by atoms with Gasteiger partial charge in [0.1, 0.15) is 5.69 Å². The lowest BCUT2D eigenvalue weighted by Gasteiger charge is -2.13. The summed E-state index contributed by atoms with van der Waals surface area (Å²) in [7, 11) is 1.82. The van der Waals surface area contributed by atoms with Crippen LogP contribution in [0.15, 0.2) is 53.6 Å². The molecule has 0 unspecified atom stereocenters. The van der Waals surface area contributed by atoms with Crippen LogP contribution in [0.5, 0.6) is 0 Å². The molecular formula is C22H25N4O2+. The van der Waals surface area contributed by atoms with Gasteiger partial charge in [0, 0.05) is 18.7 Å². The van der Waals surface area contributed by atoms with Gasteiger partial charge in [-0.25, -0.2) is 4.68 Å². The summed E-state index contributed by atoms with van der Waals surface area (Å²) in [6.45, 7) is 2.02. The van der Waals surface area contributed by atoms with Gasteiger partial charge in [0.2, 0.25) is 6.54 Å². The number of carbonyl (C=O) groups is 1. The summed E-state index contributed by atoms with van der Waals surface area (Å²) in [6, 6.07) is 11.5. The summed E-state index contributed by atoms with van der Waals surface area (Å²) in [6.07, 6.45) is 8.63. The fraction of sp³-hybridized carbons (Fsp3) is 0.318. The minimum Gasteiger partial charge on any atom is -0.314 e. The third kappa shape index (κ3) is 3.38.